The van der Waals surface area contributed by atoms with Crippen LogP contribution in [0, 0.1) is 11.2 Å². The second-order valence-corrected chi connectivity index (χ2v) is 8.09. The summed E-state index contributed by atoms with van der Waals surface area (Å²) in [6, 6.07) is 4.04. The Labute approximate surface area is 160 Å². The molecule has 1 amide bonds. The van der Waals surface area contributed by atoms with Gasteiger partial charge in [-0.15, -0.1) is 0 Å². The van der Waals surface area contributed by atoms with Crippen molar-refractivity contribution in [2.45, 2.75) is 31.2 Å². The zero-order valence-corrected chi connectivity index (χ0v) is 15.6. The number of carbonyl (C=O) groups is 2. The van der Waals surface area contributed by atoms with Crippen molar-refractivity contribution in [3.63, 3.8) is 0 Å². The van der Waals surface area contributed by atoms with Gasteiger partial charge in [-0.2, -0.15) is 0 Å². The molecule has 27 heavy (non-hydrogen) atoms. The standard InChI is InChI=1S/C19H19ClFN3O3/c1-24-5-4-22-17(24)15(25)7-18-9-19(10-18,11-18)23-16(26)8-27-12-2-3-13(20)14(21)6-12/h2-6H,7-11H2,1H3,(H,23,26). The van der Waals surface area contributed by atoms with Crippen LogP contribution in [-0.2, 0) is 11.8 Å². The lowest BCUT2D eigenvalue weighted by Gasteiger charge is -2.70. The number of imidazole rings is 1. The first-order valence-electron chi connectivity index (χ1n) is 8.69. The van der Waals surface area contributed by atoms with Gasteiger partial charge in [0.05, 0.1) is 5.02 Å². The second-order valence-electron chi connectivity index (χ2n) is 7.69. The van der Waals surface area contributed by atoms with Crippen molar-refractivity contribution in [2.75, 3.05) is 6.61 Å². The third-order valence-corrected chi connectivity index (χ3v) is 5.72. The summed E-state index contributed by atoms with van der Waals surface area (Å²) in [5.41, 5.74) is -0.246. The molecule has 1 aromatic heterocycles. The summed E-state index contributed by atoms with van der Waals surface area (Å²) in [5, 5.41) is 2.99. The fraction of sp³-hybridized carbons (Fsp3) is 0.421. The van der Waals surface area contributed by atoms with Crippen LogP contribution in [0.5, 0.6) is 5.75 Å². The van der Waals surface area contributed by atoms with Gasteiger partial charge >= 0.3 is 0 Å². The lowest BCUT2D eigenvalue weighted by atomic mass is 9.38. The Kier molecular flexibility index (Phi) is 4.22. The normalized spacial score (nSPS) is 25.3. The van der Waals surface area contributed by atoms with Gasteiger partial charge in [0.15, 0.2) is 18.2 Å². The van der Waals surface area contributed by atoms with Crippen molar-refractivity contribution in [1.29, 1.82) is 0 Å². The van der Waals surface area contributed by atoms with Crippen LogP contribution in [0.1, 0.15) is 36.3 Å². The van der Waals surface area contributed by atoms with Gasteiger partial charge < -0.3 is 14.6 Å². The number of nitrogens with zero attached hydrogens (tertiary/aromatic N) is 2. The Morgan fingerprint density at radius 2 is 2.11 bits per heavy atom. The summed E-state index contributed by atoms with van der Waals surface area (Å²) in [5.74, 6) is -0.0826. The zero-order chi connectivity index (χ0) is 19.2. The minimum atomic E-state index is -0.590. The van der Waals surface area contributed by atoms with Gasteiger partial charge in [0.25, 0.3) is 5.91 Å². The van der Waals surface area contributed by atoms with Crippen LogP contribution < -0.4 is 10.1 Å². The van der Waals surface area contributed by atoms with Crippen LogP contribution in [0.25, 0.3) is 0 Å². The molecule has 1 N–H and O–H groups in total. The monoisotopic (exact) mass is 391 g/mol. The van der Waals surface area contributed by atoms with E-state index in [2.05, 4.69) is 10.3 Å². The SMILES string of the molecule is Cn1ccnc1C(=O)CC12CC(NC(=O)COc3ccc(Cl)c(F)c3)(C1)C2. The van der Waals surface area contributed by atoms with E-state index in [-0.39, 0.29) is 40.0 Å². The molecular formula is C19H19ClFN3O3. The molecule has 2 aromatic rings. The van der Waals surface area contributed by atoms with Gasteiger partial charge in [-0.05, 0) is 36.8 Å². The number of ether oxygens (including phenoxy) is 1. The lowest BCUT2D eigenvalue weighted by molar-refractivity contribution is -0.164. The predicted octanol–water partition coefficient (Wildman–Crippen LogP) is 2.90. The number of benzene rings is 1. The molecule has 1 heterocycles. The molecule has 0 unspecified atom stereocenters. The fourth-order valence-electron chi connectivity index (χ4n) is 4.42. The number of hydrogen-bond donors (Lipinski definition) is 1. The minimum absolute atomic E-state index is 0.00561. The topological polar surface area (TPSA) is 73.2 Å². The Balaban J connectivity index is 1.24. The molecule has 6 nitrogen and oxygen atoms in total. The van der Waals surface area contributed by atoms with Crippen LogP contribution in [0.2, 0.25) is 5.02 Å². The van der Waals surface area contributed by atoms with E-state index in [9.17, 15) is 14.0 Å². The Hall–Kier alpha value is -2.41. The number of rotatable bonds is 7. The lowest BCUT2D eigenvalue weighted by Crippen LogP contribution is -2.75. The number of carbonyl (C=O) groups excluding carboxylic acids is 2. The highest BCUT2D eigenvalue weighted by Crippen LogP contribution is 2.69. The molecule has 1 aromatic carbocycles. The van der Waals surface area contributed by atoms with Gasteiger partial charge in [-0.1, -0.05) is 11.6 Å². The summed E-state index contributed by atoms with van der Waals surface area (Å²) < 4.78 is 20.4. The van der Waals surface area contributed by atoms with E-state index < -0.39 is 5.82 Å². The quantitative estimate of drug-likeness (QED) is 0.736. The number of ketones is 1. The number of hydrogen-bond acceptors (Lipinski definition) is 4. The van der Waals surface area contributed by atoms with E-state index in [4.69, 9.17) is 16.3 Å². The number of aryl methyl sites for hydroxylation is 1. The Morgan fingerprint density at radius 1 is 1.37 bits per heavy atom. The van der Waals surface area contributed by atoms with Crippen molar-refractivity contribution in [2.24, 2.45) is 12.5 Å². The summed E-state index contributed by atoms with van der Waals surface area (Å²) >= 11 is 5.61. The number of amides is 1. The highest BCUT2D eigenvalue weighted by atomic mass is 35.5. The van der Waals surface area contributed by atoms with Gasteiger partial charge in [-0.3, -0.25) is 9.59 Å². The van der Waals surface area contributed by atoms with E-state index in [1.54, 1.807) is 24.0 Å². The number of aromatic nitrogens is 2. The summed E-state index contributed by atoms with van der Waals surface area (Å²) in [4.78, 5) is 28.6. The number of Topliss-reactive ketones (excluding diaryl/α,β-unsaturated/α-hetero) is 1. The summed E-state index contributed by atoms with van der Waals surface area (Å²) in [6.45, 7) is -0.192. The smallest absolute Gasteiger partial charge is 0.258 e. The molecule has 3 fully saturated rings. The first-order valence-corrected chi connectivity index (χ1v) is 9.07. The first-order chi connectivity index (χ1) is 12.8. The average Bonchev–Trinajstić information content (AvgIpc) is 2.99. The van der Waals surface area contributed by atoms with Gasteiger partial charge in [0.2, 0.25) is 0 Å². The molecule has 0 atom stereocenters. The van der Waals surface area contributed by atoms with Crippen LogP contribution in [0.3, 0.4) is 0 Å². The van der Waals surface area contributed by atoms with E-state index in [1.165, 1.54) is 12.1 Å². The maximum Gasteiger partial charge on any atom is 0.258 e. The van der Waals surface area contributed by atoms with Crippen molar-refractivity contribution >= 4 is 23.3 Å². The zero-order valence-electron chi connectivity index (χ0n) is 14.8. The van der Waals surface area contributed by atoms with Crippen LogP contribution in [-0.4, -0.2) is 33.4 Å². The predicted molar refractivity (Wildman–Crippen MR) is 96.2 cm³/mol. The van der Waals surface area contributed by atoms with Crippen molar-refractivity contribution < 1.29 is 18.7 Å². The van der Waals surface area contributed by atoms with Crippen molar-refractivity contribution in [1.82, 2.24) is 14.9 Å². The number of nitrogens with one attached hydrogen (secondary N) is 1. The third kappa shape index (κ3) is 3.32. The molecular weight excluding hydrogens is 373 g/mol. The van der Waals surface area contributed by atoms with E-state index >= 15 is 0 Å². The maximum absolute atomic E-state index is 13.4. The second kappa shape index (κ2) is 6.34. The molecule has 0 aliphatic heterocycles. The fourth-order valence-corrected chi connectivity index (χ4v) is 4.54. The van der Waals surface area contributed by atoms with Gasteiger partial charge in [-0.25, -0.2) is 9.37 Å². The Bertz CT molecular complexity index is 907. The maximum atomic E-state index is 13.4. The Morgan fingerprint density at radius 3 is 2.74 bits per heavy atom. The van der Waals surface area contributed by atoms with Crippen molar-refractivity contribution in [3.8, 4) is 5.75 Å². The molecule has 8 heteroatoms. The number of halogens is 2. The third-order valence-electron chi connectivity index (χ3n) is 5.41. The van der Waals surface area contributed by atoms with E-state index in [0.717, 1.165) is 25.3 Å². The summed E-state index contributed by atoms with van der Waals surface area (Å²) in [7, 11) is 1.80. The van der Waals surface area contributed by atoms with Gasteiger partial charge in [0.1, 0.15) is 11.6 Å². The largest absolute Gasteiger partial charge is 0.484 e. The van der Waals surface area contributed by atoms with E-state index in [1.807, 2.05) is 0 Å². The highest BCUT2D eigenvalue weighted by molar-refractivity contribution is 6.30. The first kappa shape index (κ1) is 18.0. The molecule has 3 saturated carbocycles. The van der Waals surface area contributed by atoms with Gasteiger partial charge in [0, 0.05) is 37.5 Å². The van der Waals surface area contributed by atoms with Crippen LogP contribution in [0.4, 0.5) is 4.39 Å². The summed E-state index contributed by atoms with van der Waals surface area (Å²) in [6.07, 6.45) is 6.19. The molecule has 5 rings (SSSR count). The average molecular weight is 392 g/mol. The molecule has 0 spiro atoms. The van der Waals surface area contributed by atoms with E-state index in [0.29, 0.717) is 12.2 Å². The molecule has 0 radical (unpaired) electrons. The highest BCUT2D eigenvalue weighted by Gasteiger charge is 2.68. The van der Waals surface area contributed by atoms with Crippen LogP contribution in [0.15, 0.2) is 30.6 Å². The van der Waals surface area contributed by atoms with Crippen LogP contribution >= 0.6 is 11.6 Å². The minimum Gasteiger partial charge on any atom is -0.484 e. The molecule has 142 valence electrons. The molecule has 3 aliphatic carbocycles. The molecule has 0 saturated heterocycles. The molecule has 3 aliphatic rings. The van der Waals surface area contributed by atoms with Crippen molar-refractivity contribution in [3.05, 3.63) is 47.3 Å². The molecule has 2 bridgehead atoms.